The summed E-state index contributed by atoms with van der Waals surface area (Å²) in [6.07, 6.45) is 7.00. The summed E-state index contributed by atoms with van der Waals surface area (Å²) in [6.45, 7) is 0.515. The van der Waals surface area contributed by atoms with Crippen LogP contribution in [0.1, 0.15) is 36.0 Å². The van der Waals surface area contributed by atoms with Gasteiger partial charge < -0.3 is 25.5 Å². The van der Waals surface area contributed by atoms with Crippen molar-refractivity contribution in [3.8, 4) is 11.5 Å². The van der Waals surface area contributed by atoms with E-state index in [0.29, 0.717) is 23.5 Å². The van der Waals surface area contributed by atoms with Gasteiger partial charge >= 0.3 is 0 Å². The number of nitrogens with two attached hydrogens (primary N) is 1. The van der Waals surface area contributed by atoms with E-state index < -0.39 is 20.7 Å². The molecule has 41 heavy (non-hydrogen) atoms. The van der Waals surface area contributed by atoms with Gasteiger partial charge in [-0.15, -0.1) is 0 Å². The lowest BCUT2D eigenvalue weighted by atomic mass is 9.87. The highest BCUT2D eigenvalue weighted by atomic mass is 32.2. The van der Waals surface area contributed by atoms with Gasteiger partial charge in [0.25, 0.3) is 11.6 Å². The van der Waals surface area contributed by atoms with Gasteiger partial charge in [-0.3, -0.25) is 14.9 Å². The first kappa shape index (κ1) is 28.1. The van der Waals surface area contributed by atoms with E-state index in [0.717, 1.165) is 31.7 Å². The first-order valence-electron chi connectivity index (χ1n) is 13.0. The van der Waals surface area contributed by atoms with Crippen molar-refractivity contribution in [2.75, 3.05) is 19.0 Å². The SMILES string of the molecule is COC1CCC(CNc2ccc(S(=O)(=O)c3cccc(C(N)=O)c3Oc3cnc4[nH]ccc4c3)cc2[N+](=O)[O-])CC1. The molecule has 0 bridgehead atoms. The van der Waals surface area contributed by atoms with E-state index in [2.05, 4.69) is 15.3 Å². The minimum Gasteiger partial charge on any atom is -0.453 e. The number of primary amides is 1. The van der Waals surface area contributed by atoms with E-state index in [1.807, 2.05) is 0 Å². The number of aromatic nitrogens is 2. The Morgan fingerprint density at radius 2 is 1.95 bits per heavy atom. The van der Waals surface area contributed by atoms with E-state index >= 15 is 0 Å². The van der Waals surface area contributed by atoms with E-state index in [-0.39, 0.29) is 44.3 Å². The zero-order valence-electron chi connectivity index (χ0n) is 22.2. The number of hydrogen-bond acceptors (Lipinski definition) is 9. The first-order chi connectivity index (χ1) is 19.7. The van der Waals surface area contributed by atoms with Crippen LogP contribution >= 0.6 is 0 Å². The lowest BCUT2D eigenvalue weighted by molar-refractivity contribution is -0.384. The summed E-state index contributed by atoms with van der Waals surface area (Å²) >= 11 is 0. The second-order valence-corrected chi connectivity index (χ2v) is 11.8. The number of nitrogens with zero attached hydrogens (tertiary/aromatic N) is 2. The zero-order chi connectivity index (χ0) is 29.1. The van der Waals surface area contributed by atoms with Gasteiger partial charge in [-0.1, -0.05) is 6.07 Å². The normalized spacial score (nSPS) is 17.3. The summed E-state index contributed by atoms with van der Waals surface area (Å²) in [6, 6.07) is 11.0. The molecular weight excluding hydrogens is 550 g/mol. The number of nitro groups is 1. The fraction of sp³-hybridized carbons (Fsp3) is 0.286. The van der Waals surface area contributed by atoms with Gasteiger partial charge in [-0.25, -0.2) is 13.4 Å². The molecule has 12 nitrogen and oxygen atoms in total. The predicted molar refractivity (Wildman–Crippen MR) is 151 cm³/mol. The Labute approximate surface area is 235 Å². The maximum Gasteiger partial charge on any atom is 0.293 e. The highest BCUT2D eigenvalue weighted by Crippen LogP contribution is 2.38. The van der Waals surface area contributed by atoms with Crippen LogP contribution in [0.15, 0.2) is 70.7 Å². The highest BCUT2D eigenvalue weighted by Gasteiger charge is 2.29. The van der Waals surface area contributed by atoms with Gasteiger partial charge in [-0.2, -0.15) is 0 Å². The minimum absolute atomic E-state index is 0.170. The standard InChI is InChI=1S/C28H29N5O7S/c1-39-19-7-5-17(6-8-19)15-31-23-10-9-21(14-24(23)33(35)36)41(37,38)25-4-2-3-22(27(29)34)26(25)40-20-13-18-11-12-30-28(18)32-16-20/h2-4,9-14,16-17,19,31H,5-8,15H2,1H3,(H2,29,34)(H,30,32). The molecule has 0 radical (unpaired) electrons. The lowest BCUT2D eigenvalue weighted by Gasteiger charge is -2.27. The molecule has 1 fully saturated rings. The van der Waals surface area contributed by atoms with Crippen molar-refractivity contribution in [1.82, 2.24) is 9.97 Å². The third-order valence-electron chi connectivity index (χ3n) is 7.31. The van der Waals surface area contributed by atoms with Crippen LogP contribution in [0.25, 0.3) is 11.0 Å². The number of rotatable bonds is 10. The number of nitro benzene ring substituents is 1. The number of carbonyl (C=O) groups is 1. The number of amides is 1. The largest absolute Gasteiger partial charge is 0.453 e. The fourth-order valence-electron chi connectivity index (χ4n) is 5.05. The van der Waals surface area contributed by atoms with Crippen LogP contribution in [0.3, 0.4) is 0 Å². The highest BCUT2D eigenvalue weighted by molar-refractivity contribution is 7.91. The molecule has 2 heterocycles. The van der Waals surface area contributed by atoms with Gasteiger partial charge in [0.05, 0.1) is 27.7 Å². The topological polar surface area (TPSA) is 180 Å². The number of sulfone groups is 1. The summed E-state index contributed by atoms with van der Waals surface area (Å²) in [5.74, 6) is -0.709. The molecule has 0 unspecified atom stereocenters. The van der Waals surface area contributed by atoms with Gasteiger partial charge in [0.1, 0.15) is 22.0 Å². The van der Waals surface area contributed by atoms with Crippen molar-refractivity contribution < 1.29 is 27.6 Å². The van der Waals surface area contributed by atoms with Gasteiger partial charge in [0.15, 0.2) is 5.75 Å². The fourth-order valence-corrected chi connectivity index (χ4v) is 6.47. The average molecular weight is 580 g/mol. The predicted octanol–water partition coefficient (Wildman–Crippen LogP) is 4.81. The molecule has 13 heteroatoms. The first-order valence-corrected chi connectivity index (χ1v) is 14.5. The van der Waals surface area contributed by atoms with Crippen molar-refractivity contribution in [1.29, 1.82) is 0 Å². The number of ether oxygens (including phenoxy) is 2. The number of anilines is 1. The summed E-state index contributed by atoms with van der Waals surface area (Å²) in [7, 11) is -2.70. The quantitative estimate of drug-likeness (QED) is 0.175. The Kier molecular flexibility index (Phi) is 7.90. The van der Waals surface area contributed by atoms with Gasteiger partial charge in [0.2, 0.25) is 9.84 Å². The smallest absolute Gasteiger partial charge is 0.293 e. The van der Waals surface area contributed by atoms with E-state index in [9.17, 15) is 23.3 Å². The van der Waals surface area contributed by atoms with Crippen molar-refractivity contribution in [3.05, 3.63) is 76.6 Å². The number of H-pyrrole nitrogens is 1. The second kappa shape index (κ2) is 11.6. The van der Waals surface area contributed by atoms with Crippen LogP contribution in [0.2, 0.25) is 0 Å². The van der Waals surface area contributed by atoms with E-state index in [1.54, 1.807) is 25.4 Å². The Bertz CT molecular complexity index is 1710. The molecule has 214 valence electrons. The zero-order valence-corrected chi connectivity index (χ0v) is 23.0. The second-order valence-electron chi connectivity index (χ2n) is 9.88. The molecule has 5 rings (SSSR count). The molecule has 1 aliphatic rings. The van der Waals surface area contributed by atoms with Crippen molar-refractivity contribution in [3.63, 3.8) is 0 Å². The molecule has 0 saturated heterocycles. The lowest BCUT2D eigenvalue weighted by Crippen LogP contribution is -2.25. The number of nitrogens with one attached hydrogen (secondary N) is 2. The molecule has 1 aliphatic carbocycles. The molecular formula is C28H29N5O7S. The molecule has 2 aromatic heterocycles. The Hall–Kier alpha value is -4.49. The molecule has 1 saturated carbocycles. The third kappa shape index (κ3) is 5.86. The summed E-state index contributed by atoms with van der Waals surface area (Å²) in [4.78, 5) is 30.1. The number of hydrogen-bond donors (Lipinski definition) is 3. The minimum atomic E-state index is -4.40. The Balaban J connectivity index is 1.47. The number of carbonyl (C=O) groups excluding carboxylic acids is 1. The molecule has 0 spiro atoms. The van der Waals surface area contributed by atoms with E-state index in [4.69, 9.17) is 15.2 Å². The molecule has 1 amide bonds. The van der Waals surface area contributed by atoms with Crippen LogP contribution < -0.4 is 15.8 Å². The molecule has 0 atom stereocenters. The number of methoxy groups -OCH3 is 1. The van der Waals surface area contributed by atoms with Crippen LogP contribution in [-0.2, 0) is 14.6 Å². The van der Waals surface area contributed by atoms with Crippen molar-refractivity contribution in [2.45, 2.75) is 41.6 Å². The molecule has 0 aliphatic heterocycles. The van der Waals surface area contributed by atoms with E-state index in [1.165, 1.54) is 36.5 Å². The maximum atomic E-state index is 13.8. The van der Waals surface area contributed by atoms with Crippen LogP contribution in [0.4, 0.5) is 11.4 Å². The van der Waals surface area contributed by atoms with Crippen molar-refractivity contribution >= 4 is 38.2 Å². The van der Waals surface area contributed by atoms with Crippen LogP contribution in [-0.4, -0.2) is 49.0 Å². The number of aromatic amines is 1. The van der Waals surface area contributed by atoms with Crippen molar-refractivity contribution in [2.24, 2.45) is 11.7 Å². The number of benzene rings is 2. The summed E-state index contributed by atoms with van der Waals surface area (Å²) in [5.41, 5.74) is 5.81. The third-order valence-corrected chi connectivity index (χ3v) is 9.09. The average Bonchev–Trinajstić information content (AvgIpc) is 3.44. The maximum absolute atomic E-state index is 13.8. The number of fused-ring (bicyclic) bond motifs is 1. The van der Waals surface area contributed by atoms with Crippen LogP contribution in [0.5, 0.6) is 11.5 Å². The summed E-state index contributed by atoms with van der Waals surface area (Å²) in [5, 5.41) is 15.8. The Morgan fingerprint density at radius 1 is 1.17 bits per heavy atom. The van der Waals surface area contributed by atoms with Gasteiger partial charge in [-0.05, 0) is 68.0 Å². The molecule has 2 aromatic carbocycles. The number of pyridine rings is 1. The molecule has 4 N–H and O–H groups in total. The number of para-hydroxylation sites is 1. The van der Waals surface area contributed by atoms with Gasteiger partial charge in [0, 0.05) is 31.3 Å². The summed E-state index contributed by atoms with van der Waals surface area (Å²) < 4.78 is 39.0. The molecule has 4 aromatic rings. The van der Waals surface area contributed by atoms with Crippen LogP contribution in [0, 0.1) is 16.0 Å². The Morgan fingerprint density at radius 3 is 2.66 bits per heavy atom. The monoisotopic (exact) mass is 579 g/mol.